The standard InChI is InChI=1S/C14H16N2O2/c1-18-14(17)10-6-7-11-9-16(15-13(11)8-10)12-4-2-3-5-12/h6-9,12H,2-5H2,1H3. The van der Waals surface area contributed by atoms with Gasteiger partial charge in [-0.15, -0.1) is 0 Å². The van der Waals surface area contributed by atoms with Gasteiger partial charge in [0.05, 0.1) is 24.2 Å². The van der Waals surface area contributed by atoms with E-state index in [1.54, 1.807) is 12.1 Å². The summed E-state index contributed by atoms with van der Waals surface area (Å²) >= 11 is 0. The van der Waals surface area contributed by atoms with Crippen LogP contribution in [0.1, 0.15) is 42.1 Å². The van der Waals surface area contributed by atoms with Crippen molar-refractivity contribution < 1.29 is 9.53 Å². The predicted octanol–water partition coefficient (Wildman–Crippen LogP) is 2.94. The SMILES string of the molecule is COC(=O)c1ccc2cn(C3CCCC3)nc2c1. The smallest absolute Gasteiger partial charge is 0.337 e. The molecule has 0 spiro atoms. The Morgan fingerprint density at radius 1 is 1.39 bits per heavy atom. The van der Waals surface area contributed by atoms with Crippen LogP contribution in [-0.4, -0.2) is 22.9 Å². The maximum absolute atomic E-state index is 11.5. The maximum atomic E-state index is 11.5. The zero-order valence-electron chi connectivity index (χ0n) is 10.4. The Labute approximate surface area is 106 Å². The van der Waals surface area contributed by atoms with Gasteiger partial charge >= 0.3 is 5.97 Å². The van der Waals surface area contributed by atoms with Crippen molar-refractivity contribution in [3.05, 3.63) is 30.0 Å². The van der Waals surface area contributed by atoms with Crippen molar-refractivity contribution in [2.24, 2.45) is 0 Å². The molecule has 0 radical (unpaired) electrons. The molecule has 1 fully saturated rings. The minimum absolute atomic E-state index is 0.313. The topological polar surface area (TPSA) is 44.1 Å². The Morgan fingerprint density at radius 3 is 2.89 bits per heavy atom. The molecular formula is C14H16N2O2. The van der Waals surface area contributed by atoms with E-state index in [0.29, 0.717) is 11.6 Å². The minimum Gasteiger partial charge on any atom is -0.465 e. The van der Waals surface area contributed by atoms with E-state index < -0.39 is 0 Å². The molecule has 3 rings (SSSR count). The molecule has 0 unspecified atom stereocenters. The van der Waals surface area contributed by atoms with Gasteiger partial charge < -0.3 is 4.74 Å². The fourth-order valence-electron chi connectivity index (χ4n) is 2.64. The molecule has 0 atom stereocenters. The number of hydrogen-bond acceptors (Lipinski definition) is 3. The summed E-state index contributed by atoms with van der Waals surface area (Å²) < 4.78 is 6.77. The van der Waals surface area contributed by atoms with E-state index in [0.717, 1.165) is 10.9 Å². The number of ether oxygens (including phenoxy) is 1. The Kier molecular flexibility index (Phi) is 2.78. The Balaban J connectivity index is 1.98. The second-order valence-corrected chi connectivity index (χ2v) is 4.81. The molecule has 1 aliphatic carbocycles. The highest BCUT2D eigenvalue weighted by molar-refractivity contribution is 5.94. The molecule has 1 heterocycles. The van der Waals surface area contributed by atoms with E-state index in [4.69, 9.17) is 4.74 Å². The molecule has 4 heteroatoms. The number of aromatic nitrogens is 2. The van der Waals surface area contributed by atoms with Crippen LogP contribution in [0.25, 0.3) is 10.9 Å². The molecular weight excluding hydrogens is 228 g/mol. The first-order chi connectivity index (χ1) is 8.78. The lowest BCUT2D eigenvalue weighted by atomic mass is 10.2. The van der Waals surface area contributed by atoms with Crippen molar-refractivity contribution in [2.45, 2.75) is 31.7 Å². The third kappa shape index (κ3) is 1.88. The number of rotatable bonds is 2. The third-order valence-electron chi connectivity index (χ3n) is 3.64. The molecule has 0 aliphatic heterocycles. The summed E-state index contributed by atoms with van der Waals surface area (Å²) in [5.41, 5.74) is 1.42. The normalized spacial score (nSPS) is 16.3. The van der Waals surface area contributed by atoms with Crippen LogP contribution in [0.2, 0.25) is 0 Å². The number of fused-ring (bicyclic) bond motifs is 1. The minimum atomic E-state index is -0.313. The lowest BCUT2D eigenvalue weighted by Crippen LogP contribution is -2.04. The highest BCUT2D eigenvalue weighted by Gasteiger charge is 2.18. The Morgan fingerprint density at radius 2 is 2.17 bits per heavy atom. The number of hydrogen-bond donors (Lipinski definition) is 0. The van der Waals surface area contributed by atoms with Gasteiger partial charge in [0, 0.05) is 11.6 Å². The molecule has 0 bridgehead atoms. The number of carbonyl (C=O) groups excluding carboxylic acids is 1. The highest BCUT2D eigenvalue weighted by atomic mass is 16.5. The highest BCUT2D eigenvalue weighted by Crippen LogP contribution is 2.30. The summed E-state index contributed by atoms with van der Waals surface area (Å²) in [6, 6.07) is 6.04. The first-order valence-electron chi connectivity index (χ1n) is 6.35. The largest absolute Gasteiger partial charge is 0.465 e. The van der Waals surface area contributed by atoms with Gasteiger partial charge in [0.25, 0.3) is 0 Å². The van der Waals surface area contributed by atoms with Crippen LogP contribution in [0.4, 0.5) is 0 Å². The van der Waals surface area contributed by atoms with E-state index in [1.165, 1.54) is 32.8 Å². The van der Waals surface area contributed by atoms with Gasteiger partial charge in [-0.05, 0) is 25.0 Å². The summed E-state index contributed by atoms with van der Waals surface area (Å²) in [5.74, 6) is -0.313. The predicted molar refractivity (Wildman–Crippen MR) is 68.6 cm³/mol. The summed E-state index contributed by atoms with van der Waals surface area (Å²) in [6.07, 6.45) is 7.06. The van der Waals surface area contributed by atoms with Crippen LogP contribution >= 0.6 is 0 Å². The van der Waals surface area contributed by atoms with E-state index in [1.807, 2.05) is 6.07 Å². The average Bonchev–Trinajstić information content (AvgIpc) is 3.04. The van der Waals surface area contributed by atoms with Crippen LogP contribution in [-0.2, 0) is 4.74 Å². The average molecular weight is 244 g/mol. The van der Waals surface area contributed by atoms with Gasteiger partial charge in [-0.25, -0.2) is 4.79 Å². The van der Waals surface area contributed by atoms with Crippen LogP contribution < -0.4 is 0 Å². The van der Waals surface area contributed by atoms with Crippen LogP contribution in [0.3, 0.4) is 0 Å². The molecule has 0 N–H and O–H groups in total. The number of nitrogens with zero attached hydrogens (tertiary/aromatic N) is 2. The molecule has 1 aromatic carbocycles. The number of benzene rings is 1. The van der Waals surface area contributed by atoms with E-state index >= 15 is 0 Å². The molecule has 0 amide bonds. The van der Waals surface area contributed by atoms with Crippen molar-refractivity contribution in [3.8, 4) is 0 Å². The molecule has 1 aliphatic rings. The van der Waals surface area contributed by atoms with Gasteiger partial charge in [-0.3, -0.25) is 4.68 Å². The quantitative estimate of drug-likeness (QED) is 0.763. The summed E-state index contributed by atoms with van der Waals surface area (Å²) in [5, 5.41) is 5.66. The molecule has 94 valence electrons. The third-order valence-corrected chi connectivity index (χ3v) is 3.64. The Bertz CT molecular complexity index is 582. The van der Waals surface area contributed by atoms with Gasteiger partial charge in [0.15, 0.2) is 0 Å². The lowest BCUT2D eigenvalue weighted by Gasteiger charge is -2.07. The van der Waals surface area contributed by atoms with Crippen LogP contribution in [0, 0.1) is 0 Å². The zero-order chi connectivity index (χ0) is 12.5. The second kappa shape index (κ2) is 4.44. The van der Waals surface area contributed by atoms with Crippen molar-refractivity contribution in [1.29, 1.82) is 0 Å². The maximum Gasteiger partial charge on any atom is 0.337 e. The van der Waals surface area contributed by atoms with E-state index in [2.05, 4.69) is 16.0 Å². The Hall–Kier alpha value is -1.84. The number of esters is 1. The van der Waals surface area contributed by atoms with Gasteiger partial charge in [0.1, 0.15) is 0 Å². The molecule has 2 aromatic rings. The van der Waals surface area contributed by atoms with E-state index in [9.17, 15) is 4.79 Å². The number of methoxy groups -OCH3 is 1. The van der Waals surface area contributed by atoms with Gasteiger partial charge in [-0.1, -0.05) is 18.9 Å². The van der Waals surface area contributed by atoms with Crippen molar-refractivity contribution in [2.75, 3.05) is 7.11 Å². The van der Waals surface area contributed by atoms with E-state index in [-0.39, 0.29) is 5.97 Å². The fourth-order valence-corrected chi connectivity index (χ4v) is 2.64. The zero-order valence-corrected chi connectivity index (χ0v) is 10.4. The van der Waals surface area contributed by atoms with Crippen molar-refractivity contribution in [3.63, 3.8) is 0 Å². The van der Waals surface area contributed by atoms with Gasteiger partial charge in [0.2, 0.25) is 0 Å². The number of carbonyl (C=O) groups is 1. The first kappa shape index (κ1) is 11.3. The lowest BCUT2D eigenvalue weighted by molar-refractivity contribution is 0.0601. The molecule has 1 saturated carbocycles. The van der Waals surface area contributed by atoms with Crippen LogP contribution in [0.5, 0.6) is 0 Å². The summed E-state index contributed by atoms with van der Waals surface area (Å²) in [7, 11) is 1.39. The van der Waals surface area contributed by atoms with Crippen molar-refractivity contribution >= 4 is 16.9 Å². The summed E-state index contributed by atoms with van der Waals surface area (Å²) in [4.78, 5) is 11.5. The monoisotopic (exact) mass is 244 g/mol. The van der Waals surface area contributed by atoms with Gasteiger partial charge in [-0.2, -0.15) is 5.10 Å². The molecule has 4 nitrogen and oxygen atoms in total. The second-order valence-electron chi connectivity index (χ2n) is 4.81. The van der Waals surface area contributed by atoms with Crippen LogP contribution in [0.15, 0.2) is 24.4 Å². The summed E-state index contributed by atoms with van der Waals surface area (Å²) in [6.45, 7) is 0. The molecule has 0 saturated heterocycles. The molecule has 1 aromatic heterocycles. The fraction of sp³-hybridized carbons (Fsp3) is 0.429. The molecule has 18 heavy (non-hydrogen) atoms. The first-order valence-corrected chi connectivity index (χ1v) is 6.35. The van der Waals surface area contributed by atoms with Crippen molar-refractivity contribution in [1.82, 2.24) is 9.78 Å².